The number of halogens is 2. The lowest BCUT2D eigenvalue weighted by atomic mass is 10.2. The molecule has 5 nitrogen and oxygen atoms in total. The lowest BCUT2D eigenvalue weighted by Gasteiger charge is -2.08. The summed E-state index contributed by atoms with van der Waals surface area (Å²) in [4.78, 5) is 9.00. The van der Waals surface area contributed by atoms with Gasteiger partial charge in [-0.15, -0.1) is 0 Å². The standard InChI is InChI=1S/C22H16BrClN2O3/c1-2-28-20-10-15(23)9-14(21(20)27)12-25-17-7-8-19-18(11-17)26-22(29-19)13-3-5-16(24)6-4-13/h3-12,27H,2H2,1H3. The van der Waals surface area contributed by atoms with Gasteiger partial charge in [-0.25, -0.2) is 4.98 Å². The molecule has 4 aromatic rings. The number of phenolic OH excluding ortho intramolecular Hbond substituents is 1. The van der Waals surface area contributed by atoms with Crippen LogP contribution in [0.3, 0.4) is 0 Å². The second kappa shape index (κ2) is 8.27. The number of hydrogen-bond acceptors (Lipinski definition) is 5. The van der Waals surface area contributed by atoms with Crippen LogP contribution in [0, 0.1) is 0 Å². The molecule has 3 aromatic carbocycles. The van der Waals surface area contributed by atoms with Gasteiger partial charge in [-0.2, -0.15) is 0 Å². The highest BCUT2D eigenvalue weighted by molar-refractivity contribution is 9.10. The minimum Gasteiger partial charge on any atom is -0.504 e. The van der Waals surface area contributed by atoms with E-state index in [0.29, 0.717) is 45.6 Å². The smallest absolute Gasteiger partial charge is 0.227 e. The Labute approximate surface area is 180 Å². The molecule has 0 spiro atoms. The van der Waals surface area contributed by atoms with Gasteiger partial charge in [0.1, 0.15) is 5.52 Å². The molecule has 0 aliphatic rings. The Morgan fingerprint density at radius 1 is 1.17 bits per heavy atom. The molecule has 146 valence electrons. The zero-order chi connectivity index (χ0) is 20.4. The Hall–Kier alpha value is -2.83. The van der Waals surface area contributed by atoms with Gasteiger partial charge >= 0.3 is 0 Å². The van der Waals surface area contributed by atoms with Crippen molar-refractivity contribution < 1.29 is 14.3 Å². The first-order valence-electron chi connectivity index (χ1n) is 8.89. The number of fused-ring (bicyclic) bond motifs is 1. The molecule has 1 heterocycles. The molecule has 0 bridgehead atoms. The van der Waals surface area contributed by atoms with Gasteiger partial charge in [0.05, 0.1) is 12.3 Å². The van der Waals surface area contributed by atoms with Crippen LogP contribution in [0.5, 0.6) is 11.5 Å². The van der Waals surface area contributed by atoms with Gasteiger partial charge in [0, 0.05) is 26.8 Å². The van der Waals surface area contributed by atoms with Crippen LogP contribution in [0.2, 0.25) is 5.02 Å². The molecule has 1 aromatic heterocycles. The van der Waals surface area contributed by atoms with E-state index in [1.807, 2.05) is 37.3 Å². The van der Waals surface area contributed by atoms with Gasteiger partial charge in [-0.3, -0.25) is 4.99 Å². The quantitative estimate of drug-likeness (QED) is 0.326. The maximum absolute atomic E-state index is 10.4. The van der Waals surface area contributed by atoms with Crippen LogP contribution in [0.25, 0.3) is 22.6 Å². The maximum Gasteiger partial charge on any atom is 0.227 e. The number of nitrogens with zero attached hydrogens (tertiary/aromatic N) is 2. The van der Waals surface area contributed by atoms with Gasteiger partial charge in [-0.05, 0) is 61.5 Å². The number of aliphatic imine (C=N–C) groups is 1. The molecule has 0 aliphatic heterocycles. The van der Waals surface area contributed by atoms with E-state index >= 15 is 0 Å². The number of hydrogen-bond donors (Lipinski definition) is 1. The van der Waals surface area contributed by atoms with Crippen molar-refractivity contribution in [3.8, 4) is 23.0 Å². The first-order valence-corrected chi connectivity index (χ1v) is 10.1. The number of aromatic hydroxyl groups is 1. The number of benzene rings is 3. The molecular formula is C22H16BrClN2O3. The van der Waals surface area contributed by atoms with E-state index in [9.17, 15) is 5.11 Å². The third kappa shape index (κ3) is 4.28. The van der Waals surface area contributed by atoms with Crippen molar-refractivity contribution in [1.82, 2.24) is 4.98 Å². The molecule has 0 saturated carbocycles. The number of ether oxygens (including phenoxy) is 1. The molecule has 0 saturated heterocycles. The third-order valence-electron chi connectivity index (χ3n) is 4.18. The summed E-state index contributed by atoms with van der Waals surface area (Å²) < 4.78 is 12.1. The molecule has 7 heteroatoms. The molecule has 0 amide bonds. The Kier molecular flexibility index (Phi) is 5.56. The summed E-state index contributed by atoms with van der Waals surface area (Å²) in [5.74, 6) is 0.970. The Morgan fingerprint density at radius 2 is 1.97 bits per heavy atom. The van der Waals surface area contributed by atoms with Gasteiger partial charge in [0.25, 0.3) is 0 Å². The number of rotatable bonds is 5. The number of phenols is 1. The van der Waals surface area contributed by atoms with Crippen molar-refractivity contribution in [2.75, 3.05) is 6.61 Å². The summed E-state index contributed by atoms with van der Waals surface area (Å²) in [7, 11) is 0. The van der Waals surface area contributed by atoms with E-state index in [1.165, 1.54) is 0 Å². The van der Waals surface area contributed by atoms with Crippen molar-refractivity contribution in [3.05, 3.63) is 69.7 Å². The second-order valence-corrected chi connectivity index (χ2v) is 7.56. The zero-order valence-electron chi connectivity index (χ0n) is 15.4. The molecule has 1 N–H and O–H groups in total. The molecule has 0 radical (unpaired) electrons. The van der Waals surface area contributed by atoms with Crippen molar-refractivity contribution in [2.24, 2.45) is 4.99 Å². The van der Waals surface area contributed by atoms with Crippen LogP contribution in [0.15, 0.2) is 68.5 Å². The minimum absolute atomic E-state index is 0.0475. The van der Waals surface area contributed by atoms with Crippen LogP contribution in [-0.4, -0.2) is 22.9 Å². The predicted molar refractivity (Wildman–Crippen MR) is 119 cm³/mol. The maximum atomic E-state index is 10.4. The summed E-state index contributed by atoms with van der Waals surface area (Å²) >= 11 is 9.36. The van der Waals surface area contributed by atoms with Crippen molar-refractivity contribution >= 4 is 50.5 Å². The summed E-state index contributed by atoms with van der Waals surface area (Å²) in [6, 6.07) is 16.3. The topological polar surface area (TPSA) is 67.9 Å². The number of oxazole rings is 1. The summed E-state index contributed by atoms with van der Waals surface area (Å²) in [5, 5.41) is 11.0. The molecule has 29 heavy (non-hydrogen) atoms. The average Bonchev–Trinajstić information content (AvgIpc) is 3.13. The Morgan fingerprint density at radius 3 is 2.72 bits per heavy atom. The first-order chi connectivity index (χ1) is 14.0. The molecule has 0 aliphatic carbocycles. The average molecular weight is 472 g/mol. The monoisotopic (exact) mass is 470 g/mol. The minimum atomic E-state index is 0.0475. The van der Waals surface area contributed by atoms with E-state index in [4.69, 9.17) is 20.8 Å². The summed E-state index contributed by atoms with van der Waals surface area (Å²) in [6.45, 7) is 2.32. The Balaban J connectivity index is 1.64. The highest BCUT2D eigenvalue weighted by Gasteiger charge is 2.10. The van der Waals surface area contributed by atoms with Crippen molar-refractivity contribution in [3.63, 3.8) is 0 Å². The van der Waals surface area contributed by atoms with Gasteiger partial charge in [0.15, 0.2) is 17.1 Å². The van der Waals surface area contributed by atoms with Gasteiger partial charge in [-0.1, -0.05) is 27.5 Å². The molecule has 4 rings (SSSR count). The lowest BCUT2D eigenvalue weighted by Crippen LogP contribution is -1.94. The summed E-state index contributed by atoms with van der Waals surface area (Å²) in [6.07, 6.45) is 1.59. The number of aromatic nitrogens is 1. The van der Waals surface area contributed by atoms with E-state index in [-0.39, 0.29) is 5.75 Å². The molecule has 0 unspecified atom stereocenters. The van der Waals surface area contributed by atoms with E-state index in [1.54, 1.807) is 30.5 Å². The predicted octanol–water partition coefficient (Wildman–Crippen LogP) is 6.77. The molecule has 0 fully saturated rings. The highest BCUT2D eigenvalue weighted by Crippen LogP contribution is 2.33. The Bertz CT molecular complexity index is 1200. The van der Waals surface area contributed by atoms with Crippen LogP contribution < -0.4 is 4.74 Å². The largest absolute Gasteiger partial charge is 0.504 e. The van der Waals surface area contributed by atoms with Crippen LogP contribution in [0.1, 0.15) is 12.5 Å². The van der Waals surface area contributed by atoms with Crippen molar-refractivity contribution in [1.29, 1.82) is 0 Å². The van der Waals surface area contributed by atoms with Crippen LogP contribution in [-0.2, 0) is 0 Å². The van der Waals surface area contributed by atoms with E-state index < -0.39 is 0 Å². The fraction of sp³-hybridized carbons (Fsp3) is 0.0909. The SMILES string of the molecule is CCOc1cc(Br)cc(C=Nc2ccc3oc(-c4ccc(Cl)cc4)nc3c2)c1O. The lowest BCUT2D eigenvalue weighted by molar-refractivity contribution is 0.317. The highest BCUT2D eigenvalue weighted by atomic mass is 79.9. The van der Waals surface area contributed by atoms with Crippen LogP contribution >= 0.6 is 27.5 Å². The third-order valence-corrected chi connectivity index (χ3v) is 4.89. The fourth-order valence-corrected chi connectivity index (χ4v) is 3.40. The summed E-state index contributed by atoms with van der Waals surface area (Å²) in [5.41, 5.74) is 3.43. The van der Waals surface area contributed by atoms with Gasteiger partial charge in [0.2, 0.25) is 5.89 Å². The normalized spacial score (nSPS) is 11.4. The fourth-order valence-electron chi connectivity index (χ4n) is 2.81. The van der Waals surface area contributed by atoms with Crippen molar-refractivity contribution in [2.45, 2.75) is 6.92 Å². The first kappa shape index (κ1) is 19.5. The van der Waals surface area contributed by atoms with Gasteiger partial charge < -0.3 is 14.3 Å². The zero-order valence-corrected chi connectivity index (χ0v) is 17.7. The van der Waals surface area contributed by atoms with Crippen LogP contribution in [0.4, 0.5) is 5.69 Å². The second-order valence-electron chi connectivity index (χ2n) is 6.21. The molecular weight excluding hydrogens is 456 g/mol. The van der Waals surface area contributed by atoms with E-state index in [2.05, 4.69) is 25.9 Å². The van der Waals surface area contributed by atoms with E-state index in [0.717, 1.165) is 10.0 Å². The molecule has 0 atom stereocenters.